The molecule has 0 aliphatic rings. The number of carbonyl (C=O) groups is 1. The first kappa shape index (κ1) is 21.5. The van der Waals surface area contributed by atoms with Crippen LogP contribution in [0.15, 0.2) is 48.5 Å². The van der Waals surface area contributed by atoms with Crippen LogP contribution in [0.1, 0.15) is 38.4 Å². The van der Waals surface area contributed by atoms with Crippen LogP contribution in [0.25, 0.3) is 0 Å². The van der Waals surface area contributed by atoms with Crippen molar-refractivity contribution in [2.45, 2.75) is 33.5 Å². The molecule has 3 aromatic rings. The zero-order valence-corrected chi connectivity index (χ0v) is 17.2. The van der Waals surface area contributed by atoms with Gasteiger partial charge < -0.3 is 14.6 Å². The summed E-state index contributed by atoms with van der Waals surface area (Å²) in [5, 5.41) is 2.86. The second-order valence-electron chi connectivity index (χ2n) is 7.15. The summed E-state index contributed by atoms with van der Waals surface area (Å²) in [6.07, 6.45) is -4.41. The molecule has 4 nitrogen and oxygen atoms in total. The lowest BCUT2D eigenvalue weighted by Gasteiger charge is -2.14. The summed E-state index contributed by atoms with van der Waals surface area (Å²) in [4.78, 5) is 13.0. The lowest BCUT2D eigenvalue weighted by atomic mass is 10.1. The number of methoxy groups -OCH3 is 1. The molecule has 1 amide bonds. The van der Waals surface area contributed by atoms with Crippen molar-refractivity contribution in [3.8, 4) is 5.75 Å². The Bertz CT molecular complexity index is 1070. The maximum absolute atomic E-state index is 13.1. The minimum Gasteiger partial charge on any atom is -0.497 e. The number of anilines is 1. The van der Waals surface area contributed by atoms with Gasteiger partial charge in [0, 0.05) is 17.9 Å². The quantitative estimate of drug-likeness (QED) is 0.576. The molecule has 0 spiro atoms. The number of carbonyl (C=O) groups excluding carboxylic acids is 1. The lowest BCUT2D eigenvalue weighted by molar-refractivity contribution is -0.137. The summed E-state index contributed by atoms with van der Waals surface area (Å²) in [5.41, 5.74) is 3.36. The number of benzene rings is 2. The maximum atomic E-state index is 13.1. The highest BCUT2D eigenvalue weighted by atomic mass is 19.4. The molecule has 1 aromatic heterocycles. The number of nitrogens with zero attached hydrogens (tertiary/aromatic N) is 1. The van der Waals surface area contributed by atoms with Gasteiger partial charge in [0.15, 0.2) is 0 Å². The molecule has 2 aromatic carbocycles. The zero-order chi connectivity index (χ0) is 22.1. The molecule has 3 rings (SSSR count). The minimum absolute atomic E-state index is 0.162. The number of rotatable bonds is 5. The highest BCUT2D eigenvalue weighted by Gasteiger charge is 2.30. The summed E-state index contributed by atoms with van der Waals surface area (Å²) in [6, 6.07) is 12.1. The van der Waals surface area contributed by atoms with E-state index in [1.165, 1.54) is 6.07 Å². The molecule has 0 unspecified atom stereocenters. The molecular weight excluding hydrogens is 393 g/mol. The van der Waals surface area contributed by atoms with E-state index in [0.717, 1.165) is 29.0 Å². The maximum Gasteiger partial charge on any atom is 0.416 e. The highest BCUT2D eigenvalue weighted by Crippen LogP contribution is 2.30. The first-order valence-electron chi connectivity index (χ1n) is 9.39. The van der Waals surface area contributed by atoms with Gasteiger partial charge in [-0.15, -0.1) is 0 Å². The average molecular weight is 416 g/mol. The summed E-state index contributed by atoms with van der Waals surface area (Å²) in [7, 11) is 1.56. The molecule has 0 aliphatic carbocycles. The predicted molar refractivity (Wildman–Crippen MR) is 110 cm³/mol. The fourth-order valence-electron chi connectivity index (χ4n) is 3.41. The second-order valence-corrected chi connectivity index (χ2v) is 7.15. The number of halogens is 3. The van der Waals surface area contributed by atoms with Gasteiger partial charge in [-0.05, 0) is 73.9 Å². The van der Waals surface area contributed by atoms with E-state index in [-0.39, 0.29) is 12.5 Å². The fraction of sp³-hybridized carbons (Fsp3) is 0.261. The van der Waals surface area contributed by atoms with Gasteiger partial charge in [0.2, 0.25) is 0 Å². The van der Waals surface area contributed by atoms with Gasteiger partial charge in [0.25, 0.3) is 5.91 Å². The van der Waals surface area contributed by atoms with Crippen LogP contribution < -0.4 is 10.1 Å². The normalized spacial score (nSPS) is 11.4. The molecule has 0 saturated carbocycles. The van der Waals surface area contributed by atoms with Gasteiger partial charge >= 0.3 is 6.18 Å². The Morgan fingerprint density at radius 2 is 1.70 bits per heavy atom. The van der Waals surface area contributed by atoms with Crippen molar-refractivity contribution in [3.63, 3.8) is 0 Å². The Morgan fingerprint density at radius 3 is 2.30 bits per heavy atom. The third-order valence-corrected chi connectivity index (χ3v) is 5.29. The number of hydrogen-bond acceptors (Lipinski definition) is 2. The van der Waals surface area contributed by atoms with Crippen LogP contribution in [0.3, 0.4) is 0 Å². The predicted octanol–water partition coefficient (Wildman–Crippen LogP) is 5.74. The molecule has 0 radical (unpaired) electrons. The van der Waals surface area contributed by atoms with Crippen LogP contribution in [-0.2, 0) is 12.7 Å². The van der Waals surface area contributed by atoms with Crippen molar-refractivity contribution >= 4 is 11.6 Å². The van der Waals surface area contributed by atoms with E-state index in [0.29, 0.717) is 22.7 Å². The average Bonchev–Trinajstić information content (AvgIpc) is 2.92. The van der Waals surface area contributed by atoms with Crippen LogP contribution in [0, 0.1) is 20.8 Å². The van der Waals surface area contributed by atoms with E-state index in [1.54, 1.807) is 42.0 Å². The molecule has 1 N–H and O–H groups in total. The van der Waals surface area contributed by atoms with E-state index in [1.807, 2.05) is 20.8 Å². The third kappa shape index (κ3) is 4.35. The van der Waals surface area contributed by atoms with Crippen molar-refractivity contribution in [2.75, 3.05) is 12.4 Å². The molecule has 0 saturated heterocycles. The van der Waals surface area contributed by atoms with Gasteiger partial charge in [-0.2, -0.15) is 13.2 Å². The number of alkyl halides is 3. The largest absolute Gasteiger partial charge is 0.497 e. The van der Waals surface area contributed by atoms with Crippen LogP contribution in [-0.4, -0.2) is 17.6 Å². The zero-order valence-electron chi connectivity index (χ0n) is 17.2. The van der Waals surface area contributed by atoms with E-state index in [2.05, 4.69) is 5.32 Å². The number of aromatic nitrogens is 1. The van der Waals surface area contributed by atoms with Gasteiger partial charge in [-0.3, -0.25) is 4.79 Å². The Morgan fingerprint density at radius 1 is 1.03 bits per heavy atom. The van der Waals surface area contributed by atoms with Crippen LogP contribution in [0.2, 0.25) is 0 Å². The summed E-state index contributed by atoms with van der Waals surface area (Å²) in [5.74, 6) is 0.352. The Labute approximate surface area is 173 Å². The van der Waals surface area contributed by atoms with Crippen molar-refractivity contribution < 1.29 is 22.7 Å². The van der Waals surface area contributed by atoms with Crippen molar-refractivity contribution in [1.29, 1.82) is 0 Å². The topological polar surface area (TPSA) is 43.3 Å². The van der Waals surface area contributed by atoms with Crippen molar-refractivity contribution in [3.05, 3.63) is 82.2 Å². The van der Waals surface area contributed by atoms with Crippen LogP contribution >= 0.6 is 0 Å². The SMILES string of the molecule is COc1ccc(NC(=O)c2c(C)c(C)c(C)n2Cc2cccc(C(F)(F)F)c2)cc1. The molecule has 0 fully saturated rings. The minimum atomic E-state index is -4.41. The van der Waals surface area contributed by atoms with E-state index >= 15 is 0 Å². The third-order valence-electron chi connectivity index (χ3n) is 5.29. The van der Waals surface area contributed by atoms with Crippen LogP contribution in [0.5, 0.6) is 5.75 Å². The standard InChI is InChI=1S/C23H23F3N2O2/c1-14-15(2)21(22(29)27-19-8-10-20(30-4)11-9-19)28(16(14)3)13-17-6-5-7-18(12-17)23(24,25)26/h5-12H,13H2,1-4H3,(H,27,29). The van der Waals surface area contributed by atoms with E-state index < -0.39 is 11.7 Å². The monoisotopic (exact) mass is 416 g/mol. The highest BCUT2D eigenvalue weighted by molar-refractivity contribution is 6.04. The molecule has 30 heavy (non-hydrogen) atoms. The molecule has 1 heterocycles. The van der Waals surface area contributed by atoms with Gasteiger partial charge in [-0.1, -0.05) is 12.1 Å². The Kier molecular flexibility index (Phi) is 5.92. The molecule has 0 bridgehead atoms. The van der Waals surface area contributed by atoms with Gasteiger partial charge in [0.1, 0.15) is 11.4 Å². The number of ether oxygens (including phenoxy) is 1. The number of hydrogen-bond donors (Lipinski definition) is 1. The van der Waals surface area contributed by atoms with Crippen molar-refractivity contribution in [2.24, 2.45) is 0 Å². The Hall–Kier alpha value is -3.22. The number of amides is 1. The lowest BCUT2D eigenvalue weighted by Crippen LogP contribution is -2.19. The second kappa shape index (κ2) is 8.26. The molecule has 0 aliphatic heterocycles. The molecule has 0 atom stereocenters. The summed E-state index contributed by atoms with van der Waals surface area (Å²) < 4.78 is 46.1. The first-order valence-corrected chi connectivity index (χ1v) is 9.39. The summed E-state index contributed by atoms with van der Waals surface area (Å²) in [6.45, 7) is 5.77. The smallest absolute Gasteiger partial charge is 0.416 e. The van der Waals surface area contributed by atoms with Crippen LogP contribution in [0.4, 0.5) is 18.9 Å². The Balaban J connectivity index is 1.94. The van der Waals surface area contributed by atoms with E-state index in [9.17, 15) is 18.0 Å². The van der Waals surface area contributed by atoms with Crippen molar-refractivity contribution in [1.82, 2.24) is 4.57 Å². The van der Waals surface area contributed by atoms with Gasteiger partial charge in [0.05, 0.1) is 12.7 Å². The van der Waals surface area contributed by atoms with E-state index in [4.69, 9.17) is 4.74 Å². The molecule has 158 valence electrons. The molecule has 7 heteroatoms. The number of nitrogens with one attached hydrogen (secondary N) is 1. The molecular formula is C23H23F3N2O2. The first-order chi connectivity index (χ1) is 14.1. The summed E-state index contributed by atoms with van der Waals surface area (Å²) >= 11 is 0. The fourth-order valence-corrected chi connectivity index (χ4v) is 3.41. The van der Waals surface area contributed by atoms with Gasteiger partial charge in [-0.25, -0.2) is 0 Å².